The minimum Gasteiger partial charge on any atom is -0.479 e. The summed E-state index contributed by atoms with van der Waals surface area (Å²) in [6.45, 7) is 6.80. The fourth-order valence-electron chi connectivity index (χ4n) is 1.62. The molecule has 0 aromatic carbocycles. The largest absolute Gasteiger partial charge is 0.479 e. The number of ether oxygens (including phenoxy) is 3. The molecule has 3 unspecified atom stereocenters. The Morgan fingerprint density at radius 1 is 1.63 bits per heavy atom. The van der Waals surface area contributed by atoms with Crippen molar-refractivity contribution >= 4 is 11.9 Å². The molecule has 0 radical (unpaired) electrons. The van der Waals surface area contributed by atoms with Crippen LogP contribution in [0.25, 0.3) is 0 Å². The normalized spacial score (nSPS) is 22.3. The van der Waals surface area contributed by atoms with Crippen LogP contribution in [0.1, 0.15) is 6.92 Å². The predicted molar refractivity (Wildman–Crippen MR) is 65.7 cm³/mol. The second kappa shape index (κ2) is 7.88. The minimum atomic E-state index is -1.65. The zero-order valence-corrected chi connectivity index (χ0v) is 10.8. The van der Waals surface area contributed by atoms with E-state index in [1.54, 1.807) is 6.92 Å². The van der Waals surface area contributed by atoms with E-state index in [0.717, 1.165) is 6.54 Å². The molecule has 1 aliphatic heterocycles. The Hall–Kier alpha value is -1.44. The average Bonchev–Trinajstić information content (AvgIpc) is 2.42. The summed E-state index contributed by atoms with van der Waals surface area (Å²) in [5, 5.41) is 12.1. The van der Waals surface area contributed by atoms with Crippen molar-refractivity contribution < 1.29 is 28.9 Å². The van der Waals surface area contributed by atoms with Gasteiger partial charge in [0.25, 0.3) is 6.10 Å². The molecule has 0 aliphatic carbocycles. The zero-order chi connectivity index (χ0) is 14.3. The van der Waals surface area contributed by atoms with E-state index in [1.807, 2.05) is 0 Å². The Labute approximate surface area is 111 Å². The smallest absolute Gasteiger partial charge is 0.347 e. The minimum absolute atomic E-state index is 0.0537. The molecule has 0 spiro atoms. The molecule has 0 aromatic heterocycles. The van der Waals surface area contributed by atoms with Crippen molar-refractivity contribution in [1.29, 1.82) is 0 Å². The maximum atomic E-state index is 11.5. The third-order valence-corrected chi connectivity index (χ3v) is 2.61. The zero-order valence-electron chi connectivity index (χ0n) is 10.8. The van der Waals surface area contributed by atoms with E-state index in [1.165, 1.54) is 6.08 Å². The maximum absolute atomic E-state index is 11.5. The number of carboxylic acids is 1. The van der Waals surface area contributed by atoms with E-state index in [-0.39, 0.29) is 12.7 Å². The molecular weight excluding hydrogens is 254 g/mol. The molecule has 0 amide bonds. The molecular formula is C12H19NO6. The number of morpholine rings is 1. The van der Waals surface area contributed by atoms with Gasteiger partial charge in [-0.05, 0) is 6.92 Å². The molecule has 2 N–H and O–H groups in total. The van der Waals surface area contributed by atoms with Gasteiger partial charge in [0.15, 0.2) is 0 Å². The number of carbonyl (C=O) groups excluding carboxylic acids is 1. The summed E-state index contributed by atoms with van der Waals surface area (Å²) in [7, 11) is 0. The van der Waals surface area contributed by atoms with Gasteiger partial charge < -0.3 is 24.6 Å². The van der Waals surface area contributed by atoms with Crippen LogP contribution < -0.4 is 5.32 Å². The van der Waals surface area contributed by atoms with Gasteiger partial charge in [-0.3, -0.25) is 0 Å². The summed E-state index contributed by atoms with van der Waals surface area (Å²) in [4.78, 5) is 22.5. The third-order valence-electron chi connectivity index (χ3n) is 2.61. The predicted octanol–water partition coefficient (Wildman–Crippen LogP) is -0.438. The highest BCUT2D eigenvalue weighted by Crippen LogP contribution is 2.10. The lowest BCUT2D eigenvalue weighted by Crippen LogP contribution is -2.48. The highest BCUT2D eigenvalue weighted by Gasteiger charge is 2.33. The highest BCUT2D eigenvalue weighted by molar-refractivity contribution is 5.97. The second-order valence-corrected chi connectivity index (χ2v) is 4.09. The Kier molecular flexibility index (Phi) is 6.48. The number of hydrogen-bond donors (Lipinski definition) is 2. The van der Waals surface area contributed by atoms with Crippen molar-refractivity contribution in [2.24, 2.45) is 0 Å². The van der Waals surface area contributed by atoms with Crippen LogP contribution in [-0.4, -0.2) is 61.7 Å². The molecule has 7 heteroatoms. The van der Waals surface area contributed by atoms with Crippen LogP contribution in [0.3, 0.4) is 0 Å². The van der Waals surface area contributed by atoms with Crippen LogP contribution >= 0.6 is 0 Å². The number of hydrogen-bond acceptors (Lipinski definition) is 6. The summed E-state index contributed by atoms with van der Waals surface area (Å²) in [5.74, 6) is -2.33. The van der Waals surface area contributed by atoms with Crippen LogP contribution in [0, 0.1) is 0 Å². The summed E-state index contributed by atoms with van der Waals surface area (Å²) >= 11 is 0. The van der Waals surface area contributed by atoms with Gasteiger partial charge in [-0.15, -0.1) is 0 Å². The van der Waals surface area contributed by atoms with Crippen LogP contribution in [0.4, 0.5) is 0 Å². The molecule has 108 valence electrons. The van der Waals surface area contributed by atoms with Gasteiger partial charge in [-0.1, -0.05) is 12.7 Å². The van der Waals surface area contributed by atoms with E-state index in [9.17, 15) is 9.59 Å². The molecule has 1 aliphatic rings. The number of esters is 1. The quantitative estimate of drug-likeness (QED) is 0.369. The molecule has 1 fully saturated rings. The first-order chi connectivity index (χ1) is 9.06. The molecule has 0 saturated carbocycles. The monoisotopic (exact) mass is 273 g/mol. The van der Waals surface area contributed by atoms with Crippen molar-refractivity contribution in [3.05, 3.63) is 12.7 Å². The molecule has 7 nitrogen and oxygen atoms in total. The van der Waals surface area contributed by atoms with E-state index >= 15 is 0 Å². The van der Waals surface area contributed by atoms with Gasteiger partial charge in [-0.2, -0.15) is 0 Å². The second-order valence-electron chi connectivity index (χ2n) is 4.09. The first-order valence-corrected chi connectivity index (χ1v) is 6.04. The molecule has 1 saturated heterocycles. The lowest BCUT2D eigenvalue weighted by atomic mass is 10.2. The fraction of sp³-hybridized carbons (Fsp3) is 0.667. The van der Waals surface area contributed by atoms with Gasteiger partial charge >= 0.3 is 11.9 Å². The molecule has 1 heterocycles. The van der Waals surface area contributed by atoms with Crippen LogP contribution in [-0.2, 0) is 23.8 Å². The lowest BCUT2D eigenvalue weighted by Gasteiger charge is -2.29. The van der Waals surface area contributed by atoms with Gasteiger partial charge in [0, 0.05) is 13.1 Å². The SMILES string of the molecule is C=CCOC(=O)C(OC(C)C1CNCCO1)C(=O)O. The number of nitrogens with one attached hydrogen (secondary N) is 1. The highest BCUT2D eigenvalue weighted by atomic mass is 16.6. The molecule has 0 bridgehead atoms. The van der Waals surface area contributed by atoms with Gasteiger partial charge in [0.1, 0.15) is 6.61 Å². The Bertz CT molecular complexity index is 326. The van der Waals surface area contributed by atoms with Crippen LogP contribution in [0.15, 0.2) is 12.7 Å². The van der Waals surface area contributed by atoms with E-state index in [0.29, 0.717) is 13.2 Å². The van der Waals surface area contributed by atoms with Crippen molar-refractivity contribution in [1.82, 2.24) is 5.32 Å². The topological polar surface area (TPSA) is 94.1 Å². The van der Waals surface area contributed by atoms with Crippen molar-refractivity contribution in [2.45, 2.75) is 25.2 Å². The van der Waals surface area contributed by atoms with E-state index < -0.39 is 24.1 Å². The summed E-state index contributed by atoms with van der Waals surface area (Å²) < 4.78 is 15.4. The molecule has 1 rings (SSSR count). The Balaban J connectivity index is 2.54. The number of carbonyl (C=O) groups is 2. The first-order valence-electron chi connectivity index (χ1n) is 6.04. The van der Waals surface area contributed by atoms with Gasteiger partial charge in [-0.25, -0.2) is 9.59 Å². The fourth-order valence-corrected chi connectivity index (χ4v) is 1.62. The summed E-state index contributed by atoms with van der Waals surface area (Å²) in [5.41, 5.74) is 0. The van der Waals surface area contributed by atoms with Crippen molar-refractivity contribution in [3.8, 4) is 0 Å². The lowest BCUT2D eigenvalue weighted by molar-refractivity contribution is -0.179. The maximum Gasteiger partial charge on any atom is 0.347 e. The van der Waals surface area contributed by atoms with Crippen molar-refractivity contribution in [2.75, 3.05) is 26.3 Å². The molecule has 19 heavy (non-hydrogen) atoms. The van der Waals surface area contributed by atoms with Gasteiger partial charge in [0.05, 0.1) is 18.8 Å². The number of rotatable bonds is 7. The number of aliphatic carboxylic acids is 1. The first kappa shape index (κ1) is 15.6. The number of carboxylic acid groups (broad SMARTS) is 1. The molecule has 3 atom stereocenters. The average molecular weight is 273 g/mol. The third kappa shape index (κ3) is 4.98. The van der Waals surface area contributed by atoms with Crippen LogP contribution in [0.2, 0.25) is 0 Å². The Morgan fingerprint density at radius 2 is 2.37 bits per heavy atom. The van der Waals surface area contributed by atoms with Crippen LogP contribution in [0.5, 0.6) is 0 Å². The van der Waals surface area contributed by atoms with Crippen molar-refractivity contribution in [3.63, 3.8) is 0 Å². The molecule has 0 aromatic rings. The summed E-state index contributed by atoms with van der Waals surface area (Å²) in [6, 6.07) is 0. The van der Waals surface area contributed by atoms with E-state index in [2.05, 4.69) is 16.6 Å². The Morgan fingerprint density at radius 3 is 2.89 bits per heavy atom. The summed E-state index contributed by atoms with van der Waals surface area (Å²) in [6.07, 6.45) is -1.12. The van der Waals surface area contributed by atoms with Gasteiger partial charge in [0.2, 0.25) is 0 Å². The standard InChI is InChI=1S/C12H19NO6/c1-3-5-18-12(16)10(11(14)15)19-8(2)9-7-13-4-6-17-9/h3,8-10,13H,1,4-7H2,2H3,(H,14,15). The van der Waals surface area contributed by atoms with E-state index in [4.69, 9.17) is 14.6 Å².